The van der Waals surface area contributed by atoms with E-state index in [0.29, 0.717) is 0 Å². The number of hydrogen-bond acceptors (Lipinski definition) is 0. The lowest BCUT2D eigenvalue weighted by molar-refractivity contribution is 0.909. The third kappa shape index (κ3) is 2.26. The maximum atomic E-state index is 3.42. The molecule has 1 heterocycles. The number of rotatable bonds is 3. The molecule has 0 aliphatic rings. The summed E-state index contributed by atoms with van der Waals surface area (Å²) in [5.41, 5.74) is 3.58. The Morgan fingerprint density at radius 1 is 1.00 bits per heavy atom. The first-order valence-electron chi connectivity index (χ1n) is 4.63. The first-order valence-corrected chi connectivity index (χ1v) is 5.75. The highest BCUT2D eigenvalue weighted by molar-refractivity contribution is 9.08. The Balaban J connectivity index is 2.11. The van der Waals surface area contributed by atoms with Gasteiger partial charge in [0.15, 0.2) is 0 Å². The van der Waals surface area contributed by atoms with E-state index in [2.05, 4.69) is 63.2 Å². The van der Waals surface area contributed by atoms with Gasteiger partial charge in [-0.15, -0.1) is 0 Å². The lowest BCUT2D eigenvalue weighted by Crippen LogP contribution is -1.87. The van der Waals surface area contributed by atoms with Gasteiger partial charge in [-0.05, 0) is 23.6 Å². The Bertz CT molecular complexity index is 392. The van der Waals surface area contributed by atoms with Gasteiger partial charge in [0.25, 0.3) is 0 Å². The second-order valence-corrected chi connectivity index (χ2v) is 3.82. The summed E-state index contributed by atoms with van der Waals surface area (Å²) in [6.45, 7) is 0. The largest absolute Gasteiger partial charge is 0.344 e. The average molecular weight is 250 g/mol. The molecule has 1 aromatic heterocycles. The fourth-order valence-electron chi connectivity index (χ4n) is 1.50. The molecule has 0 N–H and O–H groups in total. The molecular weight excluding hydrogens is 238 g/mol. The van der Waals surface area contributed by atoms with Crippen LogP contribution in [-0.4, -0.2) is 4.57 Å². The highest BCUT2D eigenvalue weighted by atomic mass is 79.9. The lowest BCUT2D eigenvalue weighted by atomic mass is 10.1. The van der Waals surface area contributed by atoms with E-state index in [1.807, 2.05) is 6.07 Å². The van der Waals surface area contributed by atoms with Crippen molar-refractivity contribution in [2.75, 3.05) is 0 Å². The lowest BCUT2D eigenvalue weighted by Gasteiger charge is -1.97. The van der Waals surface area contributed by atoms with Crippen LogP contribution < -0.4 is 0 Å². The molecule has 0 aliphatic heterocycles. The van der Waals surface area contributed by atoms with Crippen molar-refractivity contribution < 1.29 is 0 Å². The van der Waals surface area contributed by atoms with Gasteiger partial charge in [0, 0.05) is 12.4 Å². The van der Waals surface area contributed by atoms with Gasteiger partial charge in [-0.2, -0.15) is 0 Å². The normalized spacial score (nSPS) is 10.4. The standard InChI is InChI=1S/C12H12BrN/c13-10-14-7-6-12(9-14)8-11-4-2-1-3-5-11/h1-7,9H,8,10H2. The highest BCUT2D eigenvalue weighted by Crippen LogP contribution is 2.10. The van der Waals surface area contributed by atoms with Crippen LogP contribution in [0.2, 0.25) is 0 Å². The van der Waals surface area contributed by atoms with Crippen LogP contribution in [0.5, 0.6) is 0 Å². The number of nitrogens with zero attached hydrogens (tertiary/aromatic N) is 1. The van der Waals surface area contributed by atoms with Crippen LogP contribution in [0.4, 0.5) is 0 Å². The third-order valence-electron chi connectivity index (χ3n) is 2.20. The highest BCUT2D eigenvalue weighted by Gasteiger charge is 1.97. The van der Waals surface area contributed by atoms with Crippen LogP contribution in [0.25, 0.3) is 0 Å². The van der Waals surface area contributed by atoms with E-state index >= 15 is 0 Å². The van der Waals surface area contributed by atoms with Gasteiger partial charge in [-0.3, -0.25) is 0 Å². The first kappa shape index (κ1) is 9.53. The number of alkyl halides is 1. The molecule has 0 saturated heterocycles. The number of aromatic nitrogens is 1. The molecule has 14 heavy (non-hydrogen) atoms. The second kappa shape index (κ2) is 4.47. The molecule has 0 fully saturated rings. The third-order valence-corrected chi connectivity index (χ3v) is 2.78. The summed E-state index contributed by atoms with van der Waals surface area (Å²) >= 11 is 3.42. The Kier molecular flexibility index (Phi) is 3.04. The van der Waals surface area contributed by atoms with Crippen LogP contribution in [-0.2, 0) is 11.9 Å². The van der Waals surface area contributed by atoms with Crippen molar-refractivity contribution in [3.05, 3.63) is 59.9 Å². The Morgan fingerprint density at radius 2 is 1.79 bits per heavy atom. The molecule has 0 spiro atoms. The van der Waals surface area contributed by atoms with Crippen LogP contribution in [0.3, 0.4) is 0 Å². The monoisotopic (exact) mass is 249 g/mol. The predicted octanol–water partition coefficient (Wildman–Crippen LogP) is 3.43. The van der Waals surface area contributed by atoms with Gasteiger partial charge >= 0.3 is 0 Å². The molecular formula is C12H12BrN. The maximum absolute atomic E-state index is 3.42. The second-order valence-electron chi connectivity index (χ2n) is 3.32. The molecule has 72 valence electrons. The van der Waals surface area contributed by atoms with Crippen LogP contribution in [0.15, 0.2) is 48.8 Å². The molecule has 0 radical (unpaired) electrons. The Hall–Kier alpha value is -1.02. The summed E-state index contributed by atoms with van der Waals surface area (Å²) < 4.78 is 2.12. The van der Waals surface area contributed by atoms with Crippen molar-refractivity contribution in [3.63, 3.8) is 0 Å². The van der Waals surface area contributed by atoms with Crippen molar-refractivity contribution in [3.8, 4) is 0 Å². The van der Waals surface area contributed by atoms with Crippen molar-refractivity contribution in [1.82, 2.24) is 4.57 Å². The average Bonchev–Trinajstić information content (AvgIpc) is 2.67. The van der Waals surface area contributed by atoms with E-state index in [0.717, 1.165) is 11.9 Å². The molecule has 0 saturated carbocycles. The minimum Gasteiger partial charge on any atom is -0.344 e. The Morgan fingerprint density at radius 3 is 2.43 bits per heavy atom. The molecule has 0 bridgehead atoms. The van der Waals surface area contributed by atoms with Gasteiger partial charge in [0.1, 0.15) is 0 Å². The van der Waals surface area contributed by atoms with Crippen LogP contribution >= 0.6 is 15.9 Å². The molecule has 0 amide bonds. The van der Waals surface area contributed by atoms with E-state index in [-0.39, 0.29) is 0 Å². The summed E-state index contributed by atoms with van der Waals surface area (Å²) in [6.07, 6.45) is 5.27. The van der Waals surface area contributed by atoms with E-state index in [1.165, 1.54) is 11.1 Å². The summed E-state index contributed by atoms with van der Waals surface area (Å²) in [6, 6.07) is 12.7. The number of halogens is 1. The van der Waals surface area contributed by atoms with E-state index in [1.54, 1.807) is 0 Å². The quantitative estimate of drug-likeness (QED) is 0.735. The molecule has 0 aliphatic carbocycles. The van der Waals surface area contributed by atoms with E-state index in [4.69, 9.17) is 0 Å². The van der Waals surface area contributed by atoms with E-state index in [9.17, 15) is 0 Å². The van der Waals surface area contributed by atoms with Crippen molar-refractivity contribution in [1.29, 1.82) is 0 Å². The molecule has 1 nitrogen and oxygen atoms in total. The zero-order valence-corrected chi connectivity index (χ0v) is 9.44. The minimum atomic E-state index is 0.863. The van der Waals surface area contributed by atoms with Gasteiger partial charge in [-0.25, -0.2) is 0 Å². The minimum absolute atomic E-state index is 0.863. The summed E-state index contributed by atoms with van der Waals surface area (Å²) in [7, 11) is 0. The van der Waals surface area contributed by atoms with Gasteiger partial charge < -0.3 is 4.57 Å². The Labute approximate surface area is 92.5 Å². The zero-order valence-electron chi connectivity index (χ0n) is 7.86. The molecule has 0 atom stereocenters. The fraction of sp³-hybridized carbons (Fsp3) is 0.167. The van der Waals surface area contributed by atoms with Gasteiger partial charge in [-0.1, -0.05) is 46.3 Å². The van der Waals surface area contributed by atoms with E-state index < -0.39 is 0 Å². The van der Waals surface area contributed by atoms with Crippen LogP contribution in [0, 0.1) is 0 Å². The molecule has 0 unspecified atom stereocenters. The number of hydrogen-bond donors (Lipinski definition) is 0. The SMILES string of the molecule is BrCn1ccc(Cc2ccccc2)c1. The maximum Gasteiger partial charge on any atom is 0.0773 e. The molecule has 1 aromatic carbocycles. The van der Waals surface area contributed by atoms with Gasteiger partial charge in [0.2, 0.25) is 0 Å². The smallest absolute Gasteiger partial charge is 0.0773 e. The first-order chi connectivity index (χ1) is 6.88. The summed E-state index contributed by atoms with van der Waals surface area (Å²) in [5, 5.41) is 0. The van der Waals surface area contributed by atoms with Crippen LogP contribution in [0.1, 0.15) is 11.1 Å². The summed E-state index contributed by atoms with van der Waals surface area (Å²) in [5.74, 6) is 0. The predicted molar refractivity (Wildman–Crippen MR) is 62.6 cm³/mol. The zero-order chi connectivity index (χ0) is 9.80. The summed E-state index contributed by atoms with van der Waals surface area (Å²) in [4.78, 5) is 0. The van der Waals surface area contributed by atoms with Gasteiger partial charge in [0.05, 0.1) is 5.45 Å². The molecule has 2 aromatic rings. The van der Waals surface area contributed by atoms with Crippen molar-refractivity contribution in [2.24, 2.45) is 0 Å². The van der Waals surface area contributed by atoms with Crippen molar-refractivity contribution >= 4 is 15.9 Å². The number of benzene rings is 1. The fourth-order valence-corrected chi connectivity index (χ4v) is 1.81. The van der Waals surface area contributed by atoms with Crippen molar-refractivity contribution in [2.45, 2.75) is 11.9 Å². The molecule has 2 heteroatoms. The topological polar surface area (TPSA) is 4.93 Å². The molecule has 2 rings (SSSR count).